The summed E-state index contributed by atoms with van der Waals surface area (Å²) >= 11 is 0. The van der Waals surface area contributed by atoms with Gasteiger partial charge in [0.25, 0.3) is 0 Å². The smallest absolute Gasteiger partial charge is 0.190 e. The van der Waals surface area contributed by atoms with E-state index in [0.717, 1.165) is 43.4 Å². The number of guanidine groups is 1. The van der Waals surface area contributed by atoms with E-state index in [-0.39, 0.29) is 0 Å². The van der Waals surface area contributed by atoms with E-state index in [0.29, 0.717) is 5.92 Å². The summed E-state index contributed by atoms with van der Waals surface area (Å²) in [6, 6.07) is 8.09. The Kier molecular flexibility index (Phi) is 6.78. The lowest BCUT2D eigenvalue weighted by Gasteiger charge is -2.16. The van der Waals surface area contributed by atoms with Gasteiger partial charge in [0.05, 0.1) is 5.69 Å². The fourth-order valence-electron chi connectivity index (χ4n) is 2.57. The Morgan fingerprint density at radius 3 is 2.75 bits per heavy atom. The summed E-state index contributed by atoms with van der Waals surface area (Å²) in [5.41, 5.74) is 3.36. The van der Waals surface area contributed by atoms with E-state index in [4.69, 9.17) is 0 Å². The van der Waals surface area contributed by atoms with Crippen molar-refractivity contribution in [3.05, 3.63) is 47.5 Å². The summed E-state index contributed by atoms with van der Waals surface area (Å²) in [6.07, 6.45) is 2.70. The van der Waals surface area contributed by atoms with Crippen molar-refractivity contribution in [3.8, 4) is 0 Å². The first-order chi connectivity index (χ1) is 11.6. The molecule has 6 heteroatoms. The maximum atomic E-state index is 4.52. The average molecular weight is 328 g/mol. The van der Waals surface area contributed by atoms with Gasteiger partial charge in [0.2, 0.25) is 0 Å². The summed E-state index contributed by atoms with van der Waals surface area (Å²) in [6.45, 7) is 8.89. The SMILES string of the molecule is CN=C(NCCc1ccccn1)NCC(C)Cn1nc(C)cc1C. The minimum absolute atomic E-state index is 0.456. The Labute approximate surface area is 144 Å². The molecule has 0 saturated carbocycles. The highest BCUT2D eigenvalue weighted by Crippen LogP contribution is 2.05. The zero-order valence-corrected chi connectivity index (χ0v) is 15.1. The summed E-state index contributed by atoms with van der Waals surface area (Å²) in [5.74, 6) is 1.28. The third kappa shape index (κ3) is 5.68. The second-order valence-corrected chi connectivity index (χ2v) is 6.17. The van der Waals surface area contributed by atoms with E-state index in [1.165, 1.54) is 5.69 Å². The predicted molar refractivity (Wildman–Crippen MR) is 98.2 cm³/mol. The van der Waals surface area contributed by atoms with Crippen LogP contribution in [0.5, 0.6) is 0 Å². The van der Waals surface area contributed by atoms with Crippen molar-refractivity contribution < 1.29 is 0 Å². The molecule has 0 aliphatic carbocycles. The molecule has 24 heavy (non-hydrogen) atoms. The van der Waals surface area contributed by atoms with Crippen molar-refractivity contribution >= 4 is 5.96 Å². The van der Waals surface area contributed by atoms with Gasteiger partial charge in [-0.25, -0.2) is 0 Å². The first-order valence-corrected chi connectivity index (χ1v) is 8.44. The largest absolute Gasteiger partial charge is 0.356 e. The van der Waals surface area contributed by atoms with Gasteiger partial charge in [0.1, 0.15) is 0 Å². The molecule has 0 saturated heterocycles. The molecule has 6 nitrogen and oxygen atoms in total. The molecule has 0 amide bonds. The Morgan fingerprint density at radius 1 is 1.29 bits per heavy atom. The van der Waals surface area contributed by atoms with Crippen LogP contribution in [0.3, 0.4) is 0 Å². The Morgan fingerprint density at radius 2 is 2.12 bits per heavy atom. The fourth-order valence-corrected chi connectivity index (χ4v) is 2.57. The summed E-state index contributed by atoms with van der Waals surface area (Å²) < 4.78 is 2.07. The molecule has 2 N–H and O–H groups in total. The molecule has 2 aromatic rings. The third-order valence-corrected chi connectivity index (χ3v) is 3.83. The summed E-state index contributed by atoms with van der Waals surface area (Å²) in [7, 11) is 1.79. The molecule has 2 aromatic heterocycles. The van der Waals surface area contributed by atoms with Crippen molar-refractivity contribution in [1.29, 1.82) is 0 Å². The molecule has 1 atom stereocenters. The number of rotatable bonds is 7. The van der Waals surface area contributed by atoms with E-state index in [9.17, 15) is 0 Å². The first kappa shape index (κ1) is 18.0. The lowest BCUT2D eigenvalue weighted by molar-refractivity contribution is 0.436. The van der Waals surface area contributed by atoms with Gasteiger partial charge < -0.3 is 10.6 Å². The quantitative estimate of drug-likeness (QED) is 0.602. The minimum Gasteiger partial charge on any atom is -0.356 e. The van der Waals surface area contributed by atoms with Crippen LogP contribution < -0.4 is 10.6 Å². The average Bonchev–Trinajstić information content (AvgIpc) is 2.89. The molecule has 130 valence electrons. The van der Waals surface area contributed by atoms with Gasteiger partial charge in [-0.1, -0.05) is 13.0 Å². The van der Waals surface area contributed by atoms with E-state index in [1.807, 2.05) is 31.3 Å². The molecule has 1 unspecified atom stereocenters. The van der Waals surface area contributed by atoms with Crippen LogP contribution in [0.25, 0.3) is 0 Å². The Balaban J connectivity index is 1.71. The van der Waals surface area contributed by atoms with Crippen LogP contribution in [0.4, 0.5) is 0 Å². The third-order valence-electron chi connectivity index (χ3n) is 3.83. The number of aliphatic imine (C=N–C) groups is 1. The highest BCUT2D eigenvalue weighted by Gasteiger charge is 2.08. The molecular weight excluding hydrogens is 300 g/mol. The second kappa shape index (κ2) is 9.05. The summed E-state index contributed by atoms with van der Waals surface area (Å²) in [5, 5.41) is 11.2. The number of pyridine rings is 1. The molecule has 0 radical (unpaired) electrons. The van der Waals surface area contributed by atoms with Crippen molar-refractivity contribution in [3.63, 3.8) is 0 Å². The number of nitrogens with one attached hydrogen (secondary N) is 2. The minimum atomic E-state index is 0.456. The Hall–Kier alpha value is -2.37. The molecule has 0 bridgehead atoms. The maximum Gasteiger partial charge on any atom is 0.190 e. The lowest BCUT2D eigenvalue weighted by Crippen LogP contribution is -2.40. The topological polar surface area (TPSA) is 67.1 Å². The molecular formula is C18H28N6. The zero-order valence-electron chi connectivity index (χ0n) is 15.1. The van der Waals surface area contributed by atoms with Gasteiger partial charge in [-0.15, -0.1) is 0 Å². The van der Waals surface area contributed by atoms with Crippen LogP contribution in [-0.2, 0) is 13.0 Å². The van der Waals surface area contributed by atoms with Gasteiger partial charge in [-0.2, -0.15) is 5.10 Å². The fraction of sp³-hybridized carbons (Fsp3) is 0.500. The first-order valence-electron chi connectivity index (χ1n) is 8.44. The highest BCUT2D eigenvalue weighted by molar-refractivity contribution is 5.79. The van der Waals surface area contributed by atoms with Crippen LogP contribution in [0, 0.1) is 19.8 Å². The van der Waals surface area contributed by atoms with E-state index >= 15 is 0 Å². The van der Waals surface area contributed by atoms with Gasteiger partial charge in [0, 0.05) is 50.7 Å². The van der Waals surface area contributed by atoms with E-state index in [1.54, 1.807) is 7.05 Å². The maximum absolute atomic E-state index is 4.52. The van der Waals surface area contributed by atoms with E-state index in [2.05, 4.69) is 50.3 Å². The van der Waals surface area contributed by atoms with Crippen molar-refractivity contribution in [1.82, 2.24) is 25.4 Å². The van der Waals surface area contributed by atoms with Crippen molar-refractivity contribution in [2.45, 2.75) is 33.7 Å². The molecule has 2 heterocycles. The molecule has 0 aliphatic heterocycles. The van der Waals surface area contributed by atoms with Crippen LogP contribution in [0.2, 0.25) is 0 Å². The predicted octanol–water partition coefficient (Wildman–Crippen LogP) is 1.94. The number of aryl methyl sites for hydroxylation is 2. The van der Waals surface area contributed by atoms with Crippen molar-refractivity contribution in [2.24, 2.45) is 10.9 Å². The number of aromatic nitrogens is 3. The standard InChI is InChI=1S/C18H28N6/c1-14(13-24-16(3)11-15(2)23-24)12-22-18(19-4)21-10-8-17-7-5-6-9-20-17/h5-7,9,11,14H,8,10,12-13H2,1-4H3,(H2,19,21,22). The molecule has 0 aliphatic rings. The molecule has 0 spiro atoms. The summed E-state index contributed by atoms with van der Waals surface area (Å²) in [4.78, 5) is 8.59. The number of hydrogen-bond donors (Lipinski definition) is 2. The number of nitrogens with zero attached hydrogens (tertiary/aromatic N) is 4. The molecule has 2 rings (SSSR count). The van der Waals surface area contributed by atoms with E-state index < -0.39 is 0 Å². The van der Waals surface area contributed by atoms with Gasteiger partial charge in [0.15, 0.2) is 5.96 Å². The molecule has 0 fully saturated rings. The van der Waals surface area contributed by atoms with Crippen LogP contribution in [-0.4, -0.2) is 40.9 Å². The highest BCUT2D eigenvalue weighted by atomic mass is 15.3. The normalized spacial score (nSPS) is 12.9. The van der Waals surface area contributed by atoms with Crippen LogP contribution >= 0.6 is 0 Å². The van der Waals surface area contributed by atoms with Gasteiger partial charge in [-0.05, 0) is 38.0 Å². The van der Waals surface area contributed by atoms with Crippen LogP contribution in [0.15, 0.2) is 35.5 Å². The zero-order chi connectivity index (χ0) is 17.4. The molecule has 0 aromatic carbocycles. The van der Waals surface area contributed by atoms with Crippen molar-refractivity contribution in [2.75, 3.05) is 20.1 Å². The number of hydrogen-bond acceptors (Lipinski definition) is 3. The van der Waals surface area contributed by atoms with Gasteiger partial charge >= 0.3 is 0 Å². The van der Waals surface area contributed by atoms with Gasteiger partial charge in [-0.3, -0.25) is 14.7 Å². The monoisotopic (exact) mass is 328 g/mol. The van der Waals surface area contributed by atoms with Crippen LogP contribution in [0.1, 0.15) is 24.0 Å². The second-order valence-electron chi connectivity index (χ2n) is 6.17. The Bertz CT molecular complexity index is 647. The lowest BCUT2D eigenvalue weighted by atomic mass is 10.2.